The van der Waals surface area contributed by atoms with Gasteiger partial charge in [-0.2, -0.15) is 0 Å². The molecule has 1 aromatic rings. The summed E-state index contributed by atoms with van der Waals surface area (Å²) >= 11 is 0. The van der Waals surface area contributed by atoms with Crippen molar-refractivity contribution in [1.82, 2.24) is 0 Å². The normalized spacial score (nSPS) is 23.3. The highest BCUT2D eigenvalue weighted by molar-refractivity contribution is 5.86. The first-order chi connectivity index (χ1) is 8.66. The third-order valence-electron chi connectivity index (χ3n) is 3.48. The fraction of sp³-hybridized carbons (Fsp3) is 0.400. The van der Waals surface area contributed by atoms with Crippen molar-refractivity contribution >= 4 is 5.97 Å². The zero-order valence-electron chi connectivity index (χ0n) is 10.5. The summed E-state index contributed by atoms with van der Waals surface area (Å²) < 4.78 is 5.27. The molecule has 0 heterocycles. The molecule has 3 nitrogen and oxygen atoms in total. The van der Waals surface area contributed by atoms with Crippen molar-refractivity contribution in [3.05, 3.63) is 48.2 Å². The minimum absolute atomic E-state index is 0.00207. The molecule has 0 amide bonds. The molecule has 2 rings (SSSR count). The second-order valence-electron chi connectivity index (χ2n) is 4.81. The molecule has 1 aromatic carbocycles. The zero-order valence-corrected chi connectivity index (χ0v) is 10.5. The average Bonchev–Trinajstić information content (AvgIpc) is 2.40. The molecule has 18 heavy (non-hydrogen) atoms. The third-order valence-corrected chi connectivity index (χ3v) is 3.48. The van der Waals surface area contributed by atoms with Crippen molar-refractivity contribution in [2.75, 3.05) is 0 Å². The van der Waals surface area contributed by atoms with Crippen LogP contribution in [-0.4, -0.2) is 12.1 Å². The van der Waals surface area contributed by atoms with Gasteiger partial charge < -0.3 is 10.5 Å². The van der Waals surface area contributed by atoms with Crippen molar-refractivity contribution in [2.45, 2.75) is 37.7 Å². The van der Waals surface area contributed by atoms with Crippen LogP contribution in [0.25, 0.3) is 0 Å². The monoisotopic (exact) mass is 245 g/mol. The molecule has 0 saturated heterocycles. The van der Waals surface area contributed by atoms with Gasteiger partial charge in [-0.15, -0.1) is 0 Å². The zero-order chi connectivity index (χ0) is 13.0. The molecule has 0 aromatic heterocycles. The Labute approximate surface area is 108 Å². The van der Waals surface area contributed by atoms with Crippen LogP contribution >= 0.6 is 0 Å². The van der Waals surface area contributed by atoms with Gasteiger partial charge in [0.15, 0.2) is 0 Å². The summed E-state index contributed by atoms with van der Waals surface area (Å²) in [5.74, 6) is 0.111. The number of esters is 1. The summed E-state index contributed by atoms with van der Waals surface area (Å²) in [6.07, 6.45) is 3.91. The van der Waals surface area contributed by atoms with Gasteiger partial charge in [-0.3, -0.25) is 0 Å². The number of ether oxygens (including phenoxy) is 1. The maximum Gasteiger partial charge on any atom is 0.353 e. The molecule has 0 aliphatic heterocycles. The van der Waals surface area contributed by atoms with Crippen LogP contribution in [0.1, 0.15) is 37.2 Å². The Bertz CT molecular complexity index is 419. The number of hydrogen-bond donors (Lipinski definition) is 1. The van der Waals surface area contributed by atoms with E-state index in [4.69, 9.17) is 10.5 Å². The Hall–Kier alpha value is -1.77. The molecule has 1 aliphatic carbocycles. The van der Waals surface area contributed by atoms with E-state index in [1.54, 1.807) is 0 Å². The third kappa shape index (κ3) is 3.13. The Morgan fingerprint density at radius 2 is 1.78 bits per heavy atom. The van der Waals surface area contributed by atoms with Gasteiger partial charge in [0.2, 0.25) is 0 Å². The molecule has 3 heteroatoms. The number of carbonyl (C=O) groups is 1. The molecule has 1 saturated carbocycles. The van der Waals surface area contributed by atoms with Crippen molar-refractivity contribution < 1.29 is 9.53 Å². The van der Waals surface area contributed by atoms with E-state index < -0.39 is 5.97 Å². The standard InChI is InChI=1S/C15H19NO2/c1-11(16)15(17)18-14-9-7-13(8-10-14)12-5-3-2-4-6-12/h2-6,13-14H,1,7-10,16H2. The highest BCUT2D eigenvalue weighted by Gasteiger charge is 2.24. The first-order valence-electron chi connectivity index (χ1n) is 6.37. The summed E-state index contributed by atoms with van der Waals surface area (Å²) in [5, 5.41) is 0. The first-order valence-corrected chi connectivity index (χ1v) is 6.37. The lowest BCUT2D eigenvalue weighted by molar-refractivity contribution is -0.145. The topological polar surface area (TPSA) is 52.3 Å². The van der Waals surface area contributed by atoms with Gasteiger partial charge in [0.05, 0.1) is 0 Å². The molecular formula is C15H19NO2. The molecule has 0 unspecified atom stereocenters. The van der Waals surface area contributed by atoms with E-state index in [1.165, 1.54) is 5.56 Å². The van der Waals surface area contributed by atoms with E-state index in [-0.39, 0.29) is 11.8 Å². The van der Waals surface area contributed by atoms with Crippen LogP contribution < -0.4 is 5.73 Å². The largest absolute Gasteiger partial charge is 0.458 e. The van der Waals surface area contributed by atoms with Gasteiger partial charge in [0, 0.05) is 0 Å². The second-order valence-corrected chi connectivity index (χ2v) is 4.81. The number of nitrogens with two attached hydrogens (primary N) is 1. The molecule has 1 fully saturated rings. The van der Waals surface area contributed by atoms with Crippen LogP contribution in [0.2, 0.25) is 0 Å². The lowest BCUT2D eigenvalue weighted by Crippen LogP contribution is -2.26. The minimum Gasteiger partial charge on any atom is -0.458 e. The minimum atomic E-state index is -0.474. The Morgan fingerprint density at radius 3 is 2.33 bits per heavy atom. The summed E-state index contributed by atoms with van der Waals surface area (Å²) in [4.78, 5) is 11.3. The van der Waals surface area contributed by atoms with Crippen molar-refractivity contribution in [3.63, 3.8) is 0 Å². The molecule has 0 radical (unpaired) electrons. The Morgan fingerprint density at radius 1 is 1.17 bits per heavy atom. The summed E-state index contributed by atoms with van der Waals surface area (Å²) in [5.41, 5.74) is 6.67. The molecule has 0 atom stereocenters. The van der Waals surface area contributed by atoms with Gasteiger partial charge in [0.25, 0.3) is 0 Å². The lowest BCUT2D eigenvalue weighted by atomic mass is 9.83. The molecule has 96 valence electrons. The van der Waals surface area contributed by atoms with Crippen molar-refractivity contribution in [3.8, 4) is 0 Å². The number of rotatable bonds is 3. The summed E-state index contributed by atoms with van der Waals surface area (Å²) in [6.45, 7) is 3.39. The smallest absolute Gasteiger partial charge is 0.353 e. The highest BCUT2D eigenvalue weighted by Crippen LogP contribution is 2.33. The molecule has 2 N–H and O–H groups in total. The van der Waals surface area contributed by atoms with Gasteiger partial charge in [0.1, 0.15) is 11.8 Å². The van der Waals surface area contributed by atoms with Gasteiger partial charge in [-0.1, -0.05) is 36.9 Å². The lowest BCUT2D eigenvalue weighted by Gasteiger charge is -2.28. The quantitative estimate of drug-likeness (QED) is 0.658. The van der Waals surface area contributed by atoms with E-state index in [9.17, 15) is 4.79 Å². The Kier molecular flexibility index (Phi) is 4.03. The molecule has 0 spiro atoms. The van der Waals surface area contributed by atoms with E-state index in [0.717, 1.165) is 25.7 Å². The SMILES string of the molecule is C=C(N)C(=O)OC1CCC(c2ccccc2)CC1. The van der Waals surface area contributed by atoms with Crippen molar-refractivity contribution in [1.29, 1.82) is 0 Å². The van der Waals surface area contributed by atoms with E-state index in [1.807, 2.05) is 6.07 Å². The van der Waals surface area contributed by atoms with Gasteiger partial charge >= 0.3 is 5.97 Å². The van der Waals surface area contributed by atoms with Crippen molar-refractivity contribution in [2.24, 2.45) is 5.73 Å². The Balaban J connectivity index is 1.85. The fourth-order valence-electron chi connectivity index (χ4n) is 2.47. The predicted molar refractivity (Wildman–Crippen MR) is 70.9 cm³/mol. The van der Waals surface area contributed by atoms with E-state index >= 15 is 0 Å². The average molecular weight is 245 g/mol. The maximum atomic E-state index is 11.3. The van der Waals surface area contributed by atoms with E-state index in [2.05, 4.69) is 30.8 Å². The van der Waals surface area contributed by atoms with Gasteiger partial charge in [-0.25, -0.2) is 4.79 Å². The molecular weight excluding hydrogens is 226 g/mol. The second kappa shape index (κ2) is 5.71. The number of hydrogen-bond acceptors (Lipinski definition) is 3. The van der Waals surface area contributed by atoms with Crippen LogP contribution in [0, 0.1) is 0 Å². The summed E-state index contributed by atoms with van der Waals surface area (Å²) in [7, 11) is 0. The van der Waals surface area contributed by atoms with Crippen LogP contribution in [0.15, 0.2) is 42.6 Å². The first kappa shape index (κ1) is 12.7. The van der Waals surface area contributed by atoms with Gasteiger partial charge in [-0.05, 0) is 37.2 Å². The predicted octanol–water partition coefficient (Wildman–Crippen LogP) is 2.73. The van der Waals surface area contributed by atoms with Crippen LogP contribution in [0.3, 0.4) is 0 Å². The van der Waals surface area contributed by atoms with Crippen LogP contribution in [0.5, 0.6) is 0 Å². The fourth-order valence-corrected chi connectivity index (χ4v) is 2.47. The molecule has 1 aliphatic rings. The summed E-state index contributed by atoms with van der Waals surface area (Å²) in [6, 6.07) is 10.5. The maximum absolute atomic E-state index is 11.3. The van der Waals surface area contributed by atoms with Crippen LogP contribution in [-0.2, 0) is 9.53 Å². The number of carbonyl (C=O) groups excluding carboxylic acids is 1. The number of benzene rings is 1. The van der Waals surface area contributed by atoms with Crippen LogP contribution in [0.4, 0.5) is 0 Å². The molecule has 0 bridgehead atoms. The van der Waals surface area contributed by atoms with E-state index in [0.29, 0.717) is 5.92 Å². The highest BCUT2D eigenvalue weighted by atomic mass is 16.5.